The molecule has 0 saturated heterocycles. The summed E-state index contributed by atoms with van der Waals surface area (Å²) in [5.74, 6) is -0.0141. The van der Waals surface area contributed by atoms with E-state index in [1.165, 1.54) is 8.71 Å². The summed E-state index contributed by atoms with van der Waals surface area (Å²) in [6.45, 7) is -0.140. The second-order valence-electron chi connectivity index (χ2n) is 4.80. The van der Waals surface area contributed by atoms with E-state index in [4.69, 9.17) is 10.8 Å². The molecule has 0 radical (unpaired) electrons. The van der Waals surface area contributed by atoms with Gasteiger partial charge in [0.15, 0.2) is 10.8 Å². The van der Waals surface area contributed by atoms with E-state index in [9.17, 15) is 8.42 Å². The highest BCUT2D eigenvalue weighted by atomic mass is 32.2. The van der Waals surface area contributed by atoms with Crippen LogP contribution in [0.2, 0.25) is 0 Å². The van der Waals surface area contributed by atoms with Crippen molar-refractivity contribution in [2.24, 2.45) is 0 Å². The average Bonchev–Trinajstić information content (AvgIpc) is 3.16. The third-order valence-electron chi connectivity index (χ3n) is 3.34. The number of nitrogens with two attached hydrogens (primary N) is 1. The van der Waals surface area contributed by atoms with E-state index in [0.717, 1.165) is 12.8 Å². The van der Waals surface area contributed by atoms with Crippen LogP contribution >= 0.6 is 0 Å². The van der Waals surface area contributed by atoms with Gasteiger partial charge in [0.2, 0.25) is 0 Å². The van der Waals surface area contributed by atoms with Gasteiger partial charge in [-0.1, -0.05) is 6.07 Å². The summed E-state index contributed by atoms with van der Waals surface area (Å²) < 4.78 is 28.3. The highest BCUT2D eigenvalue weighted by Gasteiger charge is 2.40. The van der Waals surface area contributed by atoms with E-state index >= 15 is 0 Å². The van der Waals surface area contributed by atoms with Crippen molar-refractivity contribution in [3.8, 4) is 0 Å². The van der Waals surface area contributed by atoms with Gasteiger partial charge in [-0.25, -0.2) is 13.4 Å². The fraction of sp³-hybridized carbons (Fsp3) is 0.417. The molecule has 108 valence electrons. The molecular weight excluding hydrogens is 280 g/mol. The number of nitrogens with zero attached hydrogens (tertiary/aromatic N) is 3. The van der Waals surface area contributed by atoms with Gasteiger partial charge in [0.1, 0.15) is 5.65 Å². The third kappa shape index (κ3) is 2.05. The van der Waals surface area contributed by atoms with Gasteiger partial charge >= 0.3 is 0 Å². The van der Waals surface area contributed by atoms with E-state index in [-0.39, 0.29) is 30.0 Å². The predicted octanol–water partition coefficient (Wildman–Crippen LogP) is 0.0619. The lowest BCUT2D eigenvalue weighted by Gasteiger charge is -2.20. The maximum atomic E-state index is 12.8. The number of anilines is 1. The zero-order valence-corrected chi connectivity index (χ0v) is 11.6. The Balaban J connectivity index is 2.15. The maximum absolute atomic E-state index is 12.8. The molecule has 0 bridgehead atoms. The van der Waals surface area contributed by atoms with Gasteiger partial charge in [0.05, 0.1) is 6.61 Å². The van der Waals surface area contributed by atoms with Gasteiger partial charge < -0.3 is 10.8 Å². The first-order chi connectivity index (χ1) is 9.55. The molecule has 0 unspecified atom stereocenters. The number of imidazole rings is 1. The molecule has 3 N–H and O–H groups in total. The normalized spacial score (nSPS) is 16.1. The Morgan fingerprint density at radius 3 is 2.85 bits per heavy atom. The van der Waals surface area contributed by atoms with Crippen molar-refractivity contribution in [2.45, 2.75) is 23.9 Å². The number of aromatic nitrogens is 2. The van der Waals surface area contributed by atoms with Gasteiger partial charge in [-0.3, -0.25) is 4.40 Å². The van der Waals surface area contributed by atoms with Gasteiger partial charge in [0, 0.05) is 18.8 Å². The highest BCUT2D eigenvalue weighted by Crippen LogP contribution is 2.33. The minimum absolute atomic E-state index is 0.0141. The van der Waals surface area contributed by atoms with Crippen LogP contribution in [-0.4, -0.2) is 46.4 Å². The minimum atomic E-state index is -3.77. The number of hydrogen-bond acceptors (Lipinski definition) is 5. The van der Waals surface area contributed by atoms with Crippen LogP contribution in [0.5, 0.6) is 0 Å². The second-order valence-corrected chi connectivity index (χ2v) is 6.61. The van der Waals surface area contributed by atoms with Crippen LogP contribution in [0, 0.1) is 0 Å². The molecule has 2 heterocycles. The first kappa shape index (κ1) is 13.3. The molecule has 0 amide bonds. The van der Waals surface area contributed by atoms with Crippen molar-refractivity contribution >= 4 is 21.5 Å². The molecule has 0 spiro atoms. The maximum Gasteiger partial charge on any atom is 0.263 e. The molecule has 2 aromatic rings. The summed E-state index contributed by atoms with van der Waals surface area (Å²) in [6.07, 6.45) is 3.25. The lowest BCUT2D eigenvalue weighted by molar-refractivity contribution is 0.250. The Labute approximate surface area is 116 Å². The summed E-state index contributed by atoms with van der Waals surface area (Å²) in [7, 11) is -3.77. The van der Waals surface area contributed by atoms with Crippen LogP contribution in [0.15, 0.2) is 29.4 Å². The van der Waals surface area contributed by atoms with Crippen LogP contribution in [0.1, 0.15) is 12.8 Å². The zero-order chi connectivity index (χ0) is 14.3. The van der Waals surface area contributed by atoms with E-state index in [0.29, 0.717) is 5.65 Å². The van der Waals surface area contributed by atoms with Crippen molar-refractivity contribution < 1.29 is 13.5 Å². The van der Waals surface area contributed by atoms with Crippen molar-refractivity contribution in [3.05, 3.63) is 24.4 Å². The number of hydrogen-bond donors (Lipinski definition) is 2. The number of rotatable bonds is 5. The number of fused-ring (bicyclic) bond motifs is 1. The summed E-state index contributed by atoms with van der Waals surface area (Å²) in [4.78, 5) is 4.07. The number of sulfonamides is 1. The van der Waals surface area contributed by atoms with E-state index in [1.807, 2.05) is 0 Å². The largest absolute Gasteiger partial charge is 0.395 e. The van der Waals surface area contributed by atoms with Crippen LogP contribution in [-0.2, 0) is 10.0 Å². The zero-order valence-electron chi connectivity index (χ0n) is 10.8. The SMILES string of the molecule is Nc1nc2ccccn2c1S(=O)(=O)N(CCO)C1CC1. The molecule has 1 aliphatic carbocycles. The Morgan fingerprint density at radius 2 is 2.20 bits per heavy atom. The molecule has 7 nitrogen and oxygen atoms in total. The summed E-state index contributed by atoms with van der Waals surface area (Å²) in [5, 5.41) is 9.08. The molecule has 0 aliphatic heterocycles. The van der Waals surface area contributed by atoms with Crippen LogP contribution < -0.4 is 5.73 Å². The van der Waals surface area contributed by atoms with Gasteiger partial charge in [0.25, 0.3) is 10.0 Å². The fourth-order valence-electron chi connectivity index (χ4n) is 2.32. The summed E-state index contributed by atoms with van der Waals surface area (Å²) >= 11 is 0. The standard InChI is InChI=1S/C12H16N4O3S/c13-11-12(15-6-2-1-3-10(15)14-11)20(18,19)16(7-8-17)9-4-5-9/h1-3,6,9,17H,4-5,7-8,13H2. The van der Waals surface area contributed by atoms with Crippen molar-refractivity contribution in [2.75, 3.05) is 18.9 Å². The van der Waals surface area contributed by atoms with E-state index < -0.39 is 10.0 Å². The van der Waals surface area contributed by atoms with Crippen molar-refractivity contribution in [3.63, 3.8) is 0 Å². The monoisotopic (exact) mass is 296 g/mol. The van der Waals surface area contributed by atoms with Gasteiger partial charge in [-0.15, -0.1) is 0 Å². The molecule has 1 aliphatic rings. The molecule has 3 rings (SSSR count). The molecule has 20 heavy (non-hydrogen) atoms. The minimum Gasteiger partial charge on any atom is -0.395 e. The van der Waals surface area contributed by atoms with Crippen molar-refractivity contribution in [1.29, 1.82) is 0 Å². The smallest absolute Gasteiger partial charge is 0.263 e. The first-order valence-electron chi connectivity index (χ1n) is 6.41. The van der Waals surface area contributed by atoms with Crippen LogP contribution in [0.3, 0.4) is 0 Å². The Kier molecular flexibility index (Phi) is 3.15. The molecule has 0 atom stereocenters. The lowest BCUT2D eigenvalue weighted by atomic mass is 10.5. The Bertz CT molecular complexity index is 736. The van der Waals surface area contributed by atoms with Gasteiger partial charge in [-0.05, 0) is 25.0 Å². The van der Waals surface area contributed by atoms with Crippen molar-refractivity contribution in [1.82, 2.24) is 13.7 Å². The number of pyridine rings is 1. The quantitative estimate of drug-likeness (QED) is 0.812. The Hall–Kier alpha value is -1.64. The number of nitrogen functional groups attached to an aromatic ring is 1. The highest BCUT2D eigenvalue weighted by molar-refractivity contribution is 7.89. The third-order valence-corrected chi connectivity index (χ3v) is 5.33. The summed E-state index contributed by atoms with van der Waals surface area (Å²) in [5.41, 5.74) is 6.28. The lowest BCUT2D eigenvalue weighted by Crippen LogP contribution is -2.36. The predicted molar refractivity (Wildman–Crippen MR) is 73.6 cm³/mol. The fourth-order valence-corrected chi connectivity index (χ4v) is 4.18. The second kappa shape index (κ2) is 4.72. The molecule has 1 fully saturated rings. The molecule has 1 saturated carbocycles. The topological polar surface area (TPSA) is 101 Å². The molecule has 0 aromatic carbocycles. The number of aliphatic hydroxyl groups is 1. The van der Waals surface area contributed by atoms with Crippen LogP contribution in [0.4, 0.5) is 5.82 Å². The van der Waals surface area contributed by atoms with E-state index in [2.05, 4.69) is 4.98 Å². The molecule has 2 aromatic heterocycles. The van der Waals surface area contributed by atoms with E-state index in [1.54, 1.807) is 24.4 Å². The molecule has 8 heteroatoms. The Morgan fingerprint density at radius 1 is 1.45 bits per heavy atom. The van der Waals surface area contributed by atoms with Crippen LogP contribution in [0.25, 0.3) is 5.65 Å². The van der Waals surface area contributed by atoms with Gasteiger partial charge in [-0.2, -0.15) is 4.31 Å². The summed E-state index contributed by atoms with van der Waals surface area (Å²) in [6, 6.07) is 5.15. The number of aliphatic hydroxyl groups excluding tert-OH is 1. The molecular formula is C12H16N4O3S. The average molecular weight is 296 g/mol. The first-order valence-corrected chi connectivity index (χ1v) is 7.85.